The number of benzene rings is 1. The lowest BCUT2D eigenvalue weighted by molar-refractivity contribution is -0.122. The summed E-state index contributed by atoms with van der Waals surface area (Å²) in [7, 11) is 0. The van der Waals surface area contributed by atoms with Crippen molar-refractivity contribution < 1.29 is 28.2 Å². The van der Waals surface area contributed by atoms with Crippen molar-refractivity contribution in [3.8, 4) is 5.88 Å². The number of anilines is 1. The van der Waals surface area contributed by atoms with Gasteiger partial charge in [0.1, 0.15) is 23.7 Å². The predicted octanol–water partition coefficient (Wildman–Crippen LogP) is 4.35. The van der Waals surface area contributed by atoms with E-state index in [1.54, 1.807) is 18.3 Å². The molecule has 1 saturated carbocycles. The molecule has 6 rings (SSSR count). The number of carbonyl (C=O) groups excluding carboxylic acids is 2. The van der Waals surface area contributed by atoms with E-state index in [4.69, 9.17) is 14.2 Å². The lowest BCUT2D eigenvalue weighted by Crippen LogP contribution is -2.65. The van der Waals surface area contributed by atoms with Gasteiger partial charge in [0, 0.05) is 50.5 Å². The second-order valence-electron chi connectivity index (χ2n) is 14.4. The third-order valence-corrected chi connectivity index (χ3v) is 9.50. The van der Waals surface area contributed by atoms with Gasteiger partial charge in [-0.1, -0.05) is 12.1 Å². The molecule has 2 aromatic rings. The fourth-order valence-electron chi connectivity index (χ4n) is 6.87. The molecule has 3 aliphatic heterocycles. The molecule has 11 heteroatoms. The molecular formula is C35H48FN5O5. The zero-order chi connectivity index (χ0) is 32.6. The van der Waals surface area contributed by atoms with E-state index in [1.165, 1.54) is 12.1 Å². The number of nitrogens with zero attached hydrogens (tertiary/aromatic N) is 5. The van der Waals surface area contributed by atoms with Crippen molar-refractivity contribution in [2.24, 2.45) is 5.92 Å². The van der Waals surface area contributed by atoms with Crippen LogP contribution in [0.4, 0.5) is 14.9 Å². The van der Waals surface area contributed by atoms with Crippen molar-refractivity contribution in [3.63, 3.8) is 0 Å². The Labute approximate surface area is 271 Å². The van der Waals surface area contributed by atoms with Crippen LogP contribution in [0.25, 0.3) is 0 Å². The van der Waals surface area contributed by atoms with Crippen LogP contribution in [0, 0.1) is 11.7 Å². The van der Waals surface area contributed by atoms with Gasteiger partial charge in [-0.3, -0.25) is 19.5 Å². The molecule has 2 saturated heterocycles. The normalized spacial score (nSPS) is 26.0. The molecule has 0 bridgehead atoms. The highest BCUT2D eigenvalue weighted by Crippen LogP contribution is 2.43. The van der Waals surface area contributed by atoms with Crippen LogP contribution >= 0.6 is 0 Å². The maximum Gasteiger partial charge on any atom is 0.410 e. The van der Waals surface area contributed by atoms with E-state index in [0.717, 1.165) is 37.1 Å². The van der Waals surface area contributed by atoms with Crippen LogP contribution in [0.5, 0.6) is 5.88 Å². The summed E-state index contributed by atoms with van der Waals surface area (Å²) >= 11 is 0. The van der Waals surface area contributed by atoms with E-state index < -0.39 is 5.60 Å². The van der Waals surface area contributed by atoms with Crippen molar-refractivity contribution in [2.45, 2.75) is 83.6 Å². The molecule has 4 aliphatic rings. The molecule has 0 N–H and O–H groups in total. The Bertz CT molecular complexity index is 1400. The number of pyridine rings is 1. The van der Waals surface area contributed by atoms with Crippen molar-refractivity contribution in [2.75, 3.05) is 57.4 Å². The number of hydrogen-bond donors (Lipinski definition) is 0. The first-order valence-corrected chi connectivity index (χ1v) is 16.7. The number of ether oxygens (including phenoxy) is 3. The SMILES string of the molecule is C[C@@H]1COCCN1C[C@H]1CN(C(=O)OC(C)(C)C)[C@H](C)CN1CC(=O)N1c2cc(Cc3ccc(F)cc3)cnc2OC[C@@H]1C1CC1. The summed E-state index contributed by atoms with van der Waals surface area (Å²) in [5, 5.41) is 0. The summed E-state index contributed by atoms with van der Waals surface area (Å²) < 4.78 is 31.1. The van der Waals surface area contributed by atoms with Crippen molar-refractivity contribution >= 4 is 17.7 Å². The molecule has 0 spiro atoms. The van der Waals surface area contributed by atoms with Crippen molar-refractivity contribution in [1.29, 1.82) is 0 Å². The molecule has 0 unspecified atom stereocenters. The summed E-state index contributed by atoms with van der Waals surface area (Å²) in [6.07, 6.45) is 4.17. The average molecular weight is 638 g/mol. The maximum absolute atomic E-state index is 14.5. The van der Waals surface area contributed by atoms with E-state index in [9.17, 15) is 14.0 Å². The van der Waals surface area contributed by atoms with Crippen LogP contribution in [0.3, 0.4) is 0 Å². The minimum absolute atomic E-state index is 0.0140. The third kappa shape index (κ3) is 7.64. The second kappa shape index (κ2) is 13.4. The number of halogens is 1. The van der Waals surface area contributed by atoms with E-state index in [-0.39, 0.29) is 48.5 Å². The minimum atomic E-state index is -0.594. The van der Waals surface area contributed by atoms with E-state index in [1.807, 2.05) is 43.6 Å². The molecule has 10 nitrogen and oxygen atoms in total. The average Bonchev–Trinajstić information content (AvgIpc) is 3.85. The van der Waals surface area contributed by atoms with Crippen LogP contribution in [0.2, 0.25) is 0 Å². The summed E-state index contributed by atoms with van der Waals surface area (Å²) in [4.78, 5) is 40.8. The lowest BCUT2D eigenvalue weighted by Gasteiger charge is -2.48. The Morgan fingerprint density at radius 3 is 2.48 bits per heavy atom. The maximum atomic E-state index is 14.5. The molecule has 3 fully saturated rings. The zero-order valence-corrected chi connectivity index (χ0v) is 27.8. The monoisotopic (exact) mass is 637 g/mol. The molecule has 4 atom stereocenters. The number of amides is 2. The smallest absolute Gasteiger partial charge is 0.410 e. The largest absolute Gasteiger partial charge is 0.474 e. The summed E-state index contributed by atoms with van der Waals surface area (Å²) in [6.45, 7) is 14.4. The zero-order valence-electron chi connectivity index (χ0n) is 27.8. The molecule has 1 aromatic carbocycles. The first kappa shape index (κ1) is 32.7. The highest BCUT2D eigenvalue weighted by molar-refractivity contribution is 5.97. The highest BCUT2D eigenvalue weighted by atomic mass is 19.1. The van der Waals surface area contributed by atoms with Gasteiger partial charge in [0.15, 0.2) is 0 Å². The first-order valence-electron chi connectivity index (χ1n) is 16.7. The molecule has 2 amide bonds. The Kier molecular flexibility index (Phi) is 9.55. The molecule has 4 heterocycles. The van der Waals surface area contributed by atoms with Crippen LogP contribution in [0.1, 0.15) is 58.6 Å². The van der Waals surface area contributed by atoms with Gasteiger partial charge in [0.25, 0.3) is 0 Å². The van der Waals surface area contributed by atoms with Gasteiger partial charge in [-0.15, -0.1) is 0 Å². The number of aromatic nitrogens is 1. The van der Waals surface area contributed by atoms with Crippen molar-refractivity contribution in [1.82, 2.24) is 19.7 Å². The number of piperazine rings is 1. The molecular weight excluding hydrogens is 589 g/mol. The number of fused-ring (bicyclic) bond motifs is 1. The Balaban J connectivity index is 1.25. The fourth-order valence-corrected chi connectivity index (χ4v) is 6.87. The Morgan fingerprint density at radius 1 is 1.02 bits per heavy atom. The second-order valence-corrected chi connectivity index (χ2v) is 14.4. The molecule has 1 aliphatic carbocycles. The van der Waals surface area contributed by atoms with Crippen LogP contribution in [-0.4, -0.2) is 114 Å². The quantitative estimate of drug-likeness (QED) is 0.443. The van der Waals surface area contributed by atoms with Gasteiger partial charge in [-0.2, -0.15) is 0 Å². The summed E-state index contributed by atoms with van der Waals surface area (Å²) in [6, 6.07) is 8.48. The summed E-state index contributed by atoms with van der Waals surface area (Å²) in [5.74, 6) is 0.605. The van der Waals surface area contributed by atoms with E-state index >= 15 is 0 Å². The van der Waals surface area contributed by atoms with Gasteiger partial charge in [-0.25, -0.2) is 14.2 Å². The topological polar surface area (TPSA) is 87.7 Å². The van der Waals surface area contributed by atoms with Gasteiger partial charge >= 0.3 is 6.09 Å². The molecule has 1 aromatic heterocycles. The lowest BCUT2D eigenvalue weighted by atomic mass is 10.0. The highest BCUT2D eigenvalue weighted by Gasteiger charge is 2.45. The Hall–Kier alpha value is -3.28. The molecule has 0 radical (unpaired) electrons. The van der Waals surface area contributed by atoms with Gasteiger partial charge in [0.2, 0.25) is 11.8 Å². The Morgan fingerprint density at radius 2 is 1.78 bits per heavy atom. The number of hydrogen-bond acceptors (Lipinski definition) is 8. The number of carbonyl (C=O) groups is 2. The predicted molar refractivity (Wildman–Crippen MR) is 173 cm³/mol. The third-order valence-electron chi connectivity index (χ3n) is 9.50. The van der Waals surface area contributed by atoms with Gasteiger partial charge in [-0.05, 0) is 89.1 Å². The standard InChI is InChI=1S/C35H48FN5O5/c1-23-17-39(29(18-38-12-13-44-21-24(38)2)19-40(23)34(43)46-35(3,4)5)20-32(42)41-30-15-26(14-25-6-10-28(36)11-7-25)16-37-33(30)45-22-31(41)27-8-9-27/h6-7,10-11,15-16,23-24,27,29,31H,8-9,12-14,17-22H2,1-5H3/t23-,24-,29+,31-/m1/s1. The van der Waals surface area contributed by atoms with Gasteiger partial charge in [0.05, 0.1) is 25.8 Å². The van der Waals surface area contributed by atoms with E-state index in [0.29, 0.717) is 56.8 Å². The van der Waals surface area contributed by atoms with Crippen molar-refractivity contribution in [3.05, 3.63) is 53.5 Å². The number of morpholine rings is 1. The van der Waals surface area contributed by atoms with Crippen LogP contribution < -0.4 is 9.64 Å². The molecule has 46 heavy (non-hydrogen) atoms. The van der Waals surface area contributed by atoms with Gasteiger partial charge < -0.3 is 19.1 Å². The van der Waals surface area contributed by atoms with E-state index in [2.05, 4.69) is 21.7 Å². The fraction of sp³-hybridized carbons (Fsp3) is 0.629. The first-order chi connectivity index (χ1) is 21.9. The van der Waals surface area contributed by atoms with Crippen LogP contribution in [-0.2, 0) is 20.7 Å². The molecule has 250 valence electrons. The number of rotatable bonds is 7. The minimum Gasteiger partial charge on any atom is -0.474 e. The van der Waals surface area contributed by atoms with Crippen LogP contribution in [0.15, 0.2) is 36.5 Å². The summed E-state index contributed by atoms with van der Waals surface area (Å²) in [5.41, 5.74) is 2.01.